The third kappa shape index (κ3) is 2.93. The first-order valence-corrected chi connectivity index (χ1v) is 5.76. The van der Waals surface area contributed by atoms with Gasteiger partial charge in [-0.05, 0) is 24.3 Å². The maximum absolute atomic E-state index is 12.4. The second-order valence-corrected chi connectivity index (χ2v) is 4.56. The van der Waals surface area contributed by atoms with E-state index in [1.54, 1.807) is 0 Å². The summed E-state index contributed by atoms with van der Waals surface area (Å²) in [5.41, 5.74) is -0.759. The lowest BCUT2D eigenvalue weighted by Gasteiger charge is -2.10. The Hall–Kier alpha value is -1.46. The molecule has 0 amide bonds. The topological polar surface area (TPSA) is 33.1 Å². The molecule has 19 heavy (non-hydrogen) atoms. The monoisotopic (exact) mass is 307 g/mol. The molecule has 1 aromatic heterocycles. The van der Waals surface area contributed by atoms with Crippen LogP contribution in [0.25, 0.3) is 11.3 Å². The standard InChI is InChI=1S/C12H6Cl2F3NO/c13-7-1-2-8(9(14)4-7)11-10(19)3-6(5-18-11)12(15,16)17/h1-5,19H. The van der Waals surface area contributed by atoms with Crippen LogP contribution in [-0.2, 0) is 6.18 Å². The first-order chi connectivity index (χ1) is 8.79. The SMILES string of the molecule is Oc1cc(C(F)(F)F)cnc1-c1ccc(Cl)cc1Cl. The highest BCUT2D eigenvalue weighted by Crippen LogP contribution is 2.37. The lowest BCUT2D eigenvalue weighted by atomic mass is 10.1. The normalized spacial score (nSPS) is 11.6. The van der Waals surface area contributed by atoms with Crippen molar-refractivity contribution in [3.63, 3.8) is 0 Å². The van der Waals surface area contributed by atoms with Crippen LogP contribution in [0.1, 0.15) is 5.56 Å². The number of alkyl halides is 3. The number of benzene rings is 1. The zero-order valence-electron chi connectivity index (χ0n) is 9.17. The van der Waals surface area contributed by atoms with Crippen LogP contribution in [-0.4, -0.2) is 10.1 Å². The molecule has 0 atom stereocenters. The van der Waals surface area contributed by atoms with Crippen LogP contribution in [0.3, 0.4) is 0 Å². The fraction of sp³-hybridized carbons (Fsp3) is 0.0833. The van der Waals surface area contributed by atoms with Crippen molar-refractivity contribution < 1.29 is 18.3 Å². The van der Waals surface area contributed by atoms with Crippen LogP contribution in [0.2, 0.25) is 10.0 Å². The van der Waals surface area contributed by atoms with Crippen molar-refractivity contribution in [2.24, 2.45) is 0 Å². The van der Waals surface area contributed by atoms with Gasteiger partial charge in [-0.15, -0.1) is 0 Å². The van der Waals surface area contributed by atoms with E-state index in [1.807, 2.05) is 0 Å². The molecule has 0 saturated carbocycles. The van der Waals surface area contributed by atoms with E-state index >= 15 is 0 Å². The number of hydrogen-bond donors (Lipinski definition) is 1. The zero-order chi connectivity index (χ0) is 14.2. The average Bonchev–Trinajstić information content (AvgIpc) is 2.28. The molecule has 0 radical (unpaired) electrons. The van der Waals surface area contributed by atoms with Gasteiger partial charge in [-0.1, -0.05) is 23.2 Å². The fourth-order valence-electron chi connectivity index (χ4n) is 1.50. The summed E-state index contributed by atoms with van der Waals surface area (Å²) in [6.07, 6.45) is -3.92. The molecule has 1 aromatic carbocycles. The van der Waals surface area contributed by atoms with Gasteiger partial charge in [0.05, 0.1) is 10.6 Å². The smallest absolute Gasteiger partial charge is 0.418 e. The molecule has 100 valence electrons. The molecule has 1 N–H and O–H groups in total. The molecule has 2 aromatic rings. The van der Waals surface area contributed by atoms with E-state index in [1.165, 1.54) is 18.2 Å². The third-order valence-electron chi connectivity index (χ3n) is 2.38. The minimum Gasteiger partial charge on any atom is -0.506 e. The maximum atomic E-state index is 12.4. The quantitative estimate of drug-likeness (QED) is 0.822. The predicted molar refractivity (Wildman–Crippen MR) is 66.4 cm³/mol. The summed E-state index contributed by atoms with van der Waals surface area (Å²) in [6.45, 7) is 0. The van der Waals surface area contributed by atoms with Crippen LogP contribution in [0.5, 0.6) is 5.75 Å². The van der Waals surface area contributed by atoms with Crippen LogP contribution in [0.4, 0.5) is 13.2 Å². The summed E-state index contributed by atoms with van der Waals surface area (Å²) in [5.74, 6) is -0.598. The molecule has 0 fully saturated rings. The lowest BCUT2D eigenvalue weighted by Crippen LogP contribution is -2.05. The van der Waals surface area contributed by atoms with E-state index in [-0.39, 0.29) is 10.7 Å². The second-order valence-electron chi connectivity index (χ2n) is 3.71. The van der Waals surface area contributed by atoms with Crippen LogP contribution >= 0.6 is 23.2 Å². The Morgan fingerprint density at radius 2 is 1.79 bits per heavy atom. The number of pyridine rings is 1. The molecule has 0 spiro atoms. The van der Waals surface area contributed by atoms with Crippen LogP contribution < -0.4 is 0 Å². The Balaban J connectivity index is 2.52. The van der Waals surface area contributed by atoms with Crippen molar-refractivity contribution in [3.8, 4) is 17.0 Å². The Kier molecular flexibility index (Phi) is 3.60. The molecular weight excluding hydrogens is 302 g/mol. The molecule has 0 aliphatic heterocycles. The van der Waals surface area contributed by atoms with E-state index in [9.17, 15) is 18.3 Å². The highest BCUT2D eigenvalue weighted by atomic mass is 35.5. The third-order valence-corrected chi connectivity index (χ3v) is 2.93. The Labute approximate surface area is 116 Å². The summed E-state index contributed by atoms with van der Waals surface area (Å²) in [4.78, 5) is 3.61. The van der Waals surface area contributed by atoms with Gasteiger partial charge in [0.1, 0.15) is 11.4 Å². The van der Waals surface area contributed by atoms with Gasteiger partial charge < -0.3 is 5.11 Å². The van der Waals surface area contributed by atoms with E-state index in [4.69, 9.17) is 23.2 Å². The molecule has 2 rings (SSSR count). The molecule has 1 heterocycles. The number of halogens is 5. The van der Waals surface area contributed by atoms with Crippen molar-refractivity contribution in [2.75, 3.05) is 0 Å². The van der Waals surface area contributed by atoms with Gasteiger partial charge in [-0.25, -0.2) is 0 Å². The Morgan fingerprint density at radius 3 is 2.32 bits per heavy atom. The van der Waals surface area contributed by atoms with Gasteiger partial charge in [0.2, 0.25) is 0 Å². The van der Waals surface area contributed by atoms with Crippen molar-refractivity contribution in [2.45, 2.75) is 6.18 Å². The van der Waals surface area contributed by atoms with E-state index in [0.717, 1.165) is 0 Å². The molecule has 0 unspecified atom stereocenters. The number of nitrogens with zero attached hydrogens (tertiary/aromatic N) is 1. The molecule has 0 saturated heterocycles. The van der Waals surface area contributed by atoms with E-state index in [0.29, 0.717) is 22.8 Å². The first-order valence-electron chi connectivity index (χ1n) is 5.00. The molecule has 0 bridgehead atoms. The summed E-state index contributed by atoms with van der Waals surface area (Å²) in [5, 5.41) is 10.2. The summed E-state index contributed by atoms with van der Waals surface area (Å²) < 4.78 is 37.3. The van der Waals surface area contributed by atoms with Crippen LogP contribution in [0.15, 0.2) is 30.5 Å². The maximum Gasteiger partial charge on any atom is 0.418 e. The predicted octanol–water partition coefficient (Wildman–Crippen LogP) is 4.78. The van der Waals surface area contributed by atoms with Gasteiger partial charge >= 0.3 is 6.18 Å². The minimum absolute atomic E-state index is 0.0327. The van der Waals surface area contributed by atoms with Gasteiger partial charge in [-0.2, -0.15) is 13.2 Å². The van der Waals surface area contributed by atoms with Crippen molar-refractivity contribution >= 4 is 23.2 Å². The molecule has 2 nitrogen and oxygen atoms in total. The highest BCUT2D eigenvalue weighted by molar-refractivity contribution is 6.36. The zero-order valence-corrected chi connectivity index (χ0v) is 10.7. The molecule has 0 aliphatic carbocycles. The summed E-state index contributed by atoms with van der Waals surface area (Å²) in [7, 11) is 0. The Bertz CT molecular complexity index is 629. The highest BCUT2D eigenvalue weighted by Gasteiger charge is 2.32. The van der Waals surface area contributed by atoms with Crippen LogP contribution in [0, 0.1) is 0 Å². The van der Waals surface area contributed by atoms with Crippen molar-refractivity contribution in [1.29, 1.82) is 0 Å². The van der Waals surface area contributed by atoms with E-state index < -0.39 is 17.5 Å². The molecule has 0 aliphatic rings. The molecule has 7 heteroatoms. The summed E-state index contributed by atoms with van der Waals surface area (Å²) >= 11 is 11.6. The largest absolute Gasteiger partial charge is 0.506 e. The lowest BCUT2D eigenvalue weighted by molar-refractivity contribution is -0.137. The van der Waals surface area contributed by atoms with Gasteiger partial charge in [0.15, 0.2) is 0 Å². The summed E-state index contributed by atoms with van der Waals surface area (Å²) in [6, 6.07) is 4.99. The second kappa shape index (κ2) is 4.90. The number of aromatic nitrogens is 1. The van der Waals surface area contributed by atoms with Gasteiger partial charge in [0.25, 0.3) is 0 Å². The Morgan fingerprint density at radius 1 is 1.11 bits per heavy atom. The van der Waals surface area contributed by atoms with Gasteiger partial charge in [0, 0.05) is 16.8 Å². The number of aromatic hydroxyl groups is 1. The van der Waals surface area contributed by atoms with Crippen molar-refractivity contribution in [1.82, 2.24) is 4.98 Å². The average molecular weight is 308 g/mol. The molecular formula is C12H6Cl2F3NO. The van der Waals surface area contributed by atoms with E-state index in [2.05, 4.69) is 4.98 Å². The van der Waals surface area contributed by atoms with Gasteiger partial charge in [-0.3, -0.25) is 4.98 Å². The number of hydrogen-bond acceptors (Lipinski definition) is 2. The fourth-order valence-corrected chi connectivity index (χ4v) is 2.00. The number of rotatable bonds is 1. The first kappa shape index (κ1) is 14.0. The van der Waals surface area contributed by atoms with Crippen molar-refractivity contribution in [3.05, 3.63) is 46.1 Å². The minimum atomic E-state index is -4.56.